The number of pyridine rings is 1. The van der Waals surface area contributed by atoms with Gasteiger partial charge < -0.3 is 20.5 Å². The van der Waals surface area contributed by atoms with Gasteiger partial charge in [-0.3, -0.25) is 14.6 Å². The molecule has 8 heteroatoms. The monoisotopic (exact) mass is 457 g/mol. The van der Waals surface area contributed by atoms with Crippen LogP contribution in [0.4, 0.5) is 10.1 Å². The molecular weight excluding hydrogens is 437 g/mol. The van der Waals surface area contributed by atoms with Crippen LogP contribution in [0.25, 0.3) is 10.9 Å². The molecule has 4 aromatic rings. The van der Waals surface area contributed by atoms with E-state index >= 15 is 0 Å². The Hall–Kier alpha value is -4.46. The van der Waals surface area contributed by atoms with Gasteiger partial charge in [0.1, 0.15) is 19.0 Å². The van der Waals surface area contributed by atoms with E-state index in [2.05, 4.69) is 10.3 Å². The molecule has 0 saturated heterocycles. The molecule has 3 N–H and O–H groups in total. The lowest BCUT2D eigenvalue weighted by atomic mass is 10.1. The molecule has 34 heavy (non-hydrogen) atoms. The van der Waals surface area contributed by atoms with Crippen molar-refractivity contribution in [1.29, 1.82) is 0 Å². The van der Waals surface area contributed by atoms with Crippen LogP contribution in [0.5, 0.6) is 11.5 Å². The number of carbonyl (C=O) groups is 2. The Morgan fingerprint density at radius 3 is 2.53 bits per heavy atom. The highest BCUT2D eigenvalue weighted by Gasteiger charge is 2.16. The predicted octanol–water partition coefficient (Wildman–Crippen LogP) is 4.09. The molecule has 1 aliphatic rings. The van der Waals surface area contributed by atoms with E-state index in [1.807, 2.05) is 6.07 Å². The first kappa shape index (κ1) is 21.4. The fraction of sp³-hybridized carbons (Fsp3) is 0.115. The molecule has 0 fully saturated rings. The van der Waals surface area contributed by atoms with E-state index < -0.39 is 11.7 Å². The smallest absolute Gasteiger partial charge is 0.255 e. The van der Waals surface area contributed by atoms with Gasteiger partial charge in [0.2, 0.25) is 5.91 Å². The first-order valence-electron chi connectivity index (χ1n) is 10.7. The van der Waals surface area contributed by atoms with Crippen LogP contribution in [0.1, 0.15) is 32.0 Å². The summed E-state index contributed by atoms with van der Waals surface area (Å²) in [6, 6.07) is 17.9. The zero-order valence-corrected chi connectivity index (χ0v) is 18.0. The topological polar surface area (TPSA) is 104 Å². The second-order valence-electron chi connectivity index (χ2n) is 7.87. The Balaban J connectivity index is 1.35. The van der Waals surface area contributed by atoms with Gasteiger partial charge in [0, 0.05) is 34.3 Å². The van der Waals surface area contributed by atoms with Crippen LogP contribution in [-0.2, 0) is 6.42 Å². The first-order valence-corrected chi connectivity index (χ1v) is 10.7. The molecule has 0 radical (unpaired) electrons. The maximum Gasteiger partial charge on any atom is 0.255 e. The summed E-state index contributed by atoms with van der Waals surface area (Å²) >= 11 is 0. The van der Waals surface area contributed by atoms with Gasteiger partial charge in [-0.05, 0) is 66.2 Å². The minimum absolute atomic E-state index is 0.229. The van der Waals surface area contributed by atoms with Crippen molar-refractivity contribution in [1.82, 2.24) is 4.98 Å². The van der Waals surface area contributed by atoms with E-state index in [9.17, 15) is 14.0 Å². The number of carbonyl (C=O) groups excluding carboxylic acids is 2. The van der Waals surface area contributed by atoms with Gasteiger partial charge in [-0.1, -0.05) is 6.07 Å². The lowest BCUT2D eigenvalue weighted by Gasteiger charge is -2.18. The summed E-state index contributed by atoms with van der Waals surface area (Å²) in [6.07, 6.45) is 0.229. The minimum Gasteiger partial charge on any atom is -0.486 e. The average molecular weight is 457 g/mol. The van der Waals surface area contributed by atoms with Crippen molar-refractivity contribution < 1.29 is 23.5 Å². The highest BCUT2D eigenvalue weighted by molar-refractivity contribution is 6.04. The third-order valence-corrected chi connectivity index (χ3v) is 5.51. The number of nitrogens with two attached hydrogens (primary N) is 1. The second kappa shape index (κ2) is 8.82. The van der Waals surface area contributed by atoms with Gasteiger partial charge in [-0.2, -0.15) is 0 Å². The third-order valence-electron chi connectivity index (χ3n) is 5.51. The summed E-state index contributed by atoms with van der Waals surface area (Å²) in [5.74, 6) is -0.139. The largest absolute Gasteiger partial charge is 0.486 e. The molecule has 0 aliphatic carbocycles. The fourth-order valence-corrected chi connectivity index (χ4v) is 3.79. The first-order chi connectivity index (χ1) is 16.5. The standard InChI is InChI=1S/C26H20FN3O4/c27-21-6-5-20(30-26(32)17-3-8-23-24(14-17)34-10-9-33-23)13-18(21)12-19-4-1-15-11-16(25(28)31)2-7-22(15)29-19/h1-8,11,13-14H,9-10,12H2,(H2,28,31)(H,30,32). The second-order valence-corrected chi connectivity index (χ2v) is 7.87. The van der Waals surface area contributed by atoms with E-state index in [0.717, 1.165) is 5.39 Å². The van der Waals surface area contributed by atoms with Crippen LogP contribution in [0.15, 0.2) is 66.7 Å². The lowest BCUT2D eigenvalue weighted by molar-refractivity contribution is 0.0997. The Kier molecular flexibility index (Phi) is 5.55. The molecule has 1 aromatic heterocycles. The summed E-state index contributed by atoms with van der Waals surface area (Å²) in [4.78, 5) is 28.7. The molecule has 1 aliphatic heterocycles. The van der Waals surface area contributed by atoms with Gasteiger partial charge in [0.15, 0.2) is 11.5 Å². The fourth-order valence-electron chi connectivity index (χ4n) is 3.79. The summed E-state index contributed by atoms with van der Waals surface area (Å²) in [5, 5.41) is 3.56. The van der Waals surface area contributed by atoms with Crippen molar-refractivity contribution >= 4 is 28.4 Å². The van der Waals surface area contributed by atoms with E-state index in [-0.39, 0.29) is 12.3 Å². The summed E-state index contributed by atoms with van der Waals surface area (Å²) < 4.78 is 25.5. The summed E-state index contributed by atoms with van der Waals surface area (Å²) in [7, 11) is 0. The predicted molar refractivity (Wildman–Crippen MR) is 125 cm³/mol. The number of hydrogen-bond acceptors (Lipinski definition) is 5. The van der Waals surface area contributed by atoms with Crippen molar-refractivity contribution in [3.63, 3.8) is 0 Å². The number of rotatable bonds is 5. The Morgan fingerprint density at radius 1 is 0.912 bits per heavy atom. The van der Waals surface area contributed by atoms with E-state index in [1.54, 1.807) is 48.5 Å². The maximum atomic E-state index is 14.5. The SMILES string of the molecule is NC(=O)c1ccc2nc(Cc3cc(NC(=O)c4ccc5c(c4)OCCO5)ccc3F)ccc2c1. The van der Waals surface area contributed by atoms with Crippen molar-refractivity contribution in [2.75, 3.05) is 18.5 Å². The number of halogens is 1. The normalized spacial score (nSPS) is 12.4. The highest BCUT2D eigenvalue weighted by Crippen LogP contribution is 2.31. The molecule has 0 spiro atoms. The van der Waals surface area contributed by atoms with Gasteiger partial charge in [0.05, 0.1) is 5.52 Å². The van der Waals surface area contributed by atoms with Gasteiger partial charge in [0.25, 0.3) is 5.91 Å². The number of anilines is 1. The number of benzene rings is 3. The molecule has 3 aromatic carbocycles. The maximum absolute atomic E-state index is 14.5. The number of amides is 2. The van der Waals surface area contributed by atoms with Crippen LogP contribution in [0, 0.1) is 5.82 Å². The van der Waals surface area contributed by atoms with E-state index in [1.165, 1.54) is 12.1 Å². The van der Waals surface area contributed by atoms with Crippen molar-refractivity contribution in [3.05, 3.63) is 94.9 Å². The molecule has 170 valence electrons. The Morgan fingerprint density at radius 2 is 1.71 bits per heavy atom. The zero-order valence-electron chi connectivity index (χ0n) is 18.0. The number of hydrogen-bond donors (Lipinski definition) is 2. The quantitative estimate of drug-likeness (QED) is 0.470. The molecule has 7 nitrogen and oxygen atoms in total. The summed E-state index contributed by atoms with van der Waals surface area (Å²) in [6.45, 7) is 0.895. The molecule has 2 heterocycles. The lowest BCUT2D eigenvalue weighted by Crippen LogP contribution is -2.17. The van der Waals surface area contributed by atoms with Gasteiger partial charge in [-0.25, -0.2) is 4.39 Å². The van der Waals surface area contributed by atoms with Crippen LogP contribution < -0.4 is 20.5 Å². The van der Waals surface area contributed by atoms with Crippen molar-refractivity contribution in [2.45, 2.75) is 6.42 Å². The number of primary amides is 1. The molecule has 0 saturated carbocycles. The minimum atomic E-state index is -0.511. The van der Waals surface area contributed by atoms with Crippen LogP contribution in [-0.4, -0.2) is 30.0 Å². The molecule has 2 amide bonds. The van der Waals surface area contributed by atoms with Crippen LogP contribution in [0.2, 0.25) is 0 Å². The Bertz CT molecular complexity index is 1440. The van der Waals surface area contributed by atoms with Crippen molar-refractivity contribution in [3.8, 4) is 11.5 Å². The molecule has 5 rings (SSSR count). The van der Waals surface area contributed by atoms with Crippen molar-refractivity contribution in [2.24, 2.45) is 5.73 Å². The molecule has 0 bridgehead atoms. The number of fused-ring (bicyclic) bond motifs is 2. The molecule has 0 unspecified atom stereocenters. The number of nitrogens with zero attached hydrogens (tertiary/aromatic N) is 1. The van der Waals surface area contributed by atoms with Crippen LogP contribution in [0.3, 0.4) is 0 Å². The Labute approximate surface area is 194 Å². The van der Waals surface area contributed by atoms with Gasteiger partial charge >= 0.3 is 0 Å². The third kappa shape index (κ3) is 4.38. The number of aromatic nitrogens is 1. The molecular formula is C26H20FN3O4. The number of ether oxygens (including phenoxy) is 2. The van der Waals surface area contributed by atoms with E-state index in [4.69, 9.17) is 15.2 Å². The van der Waals surface area contributed by atoms with E-state index in [0.29, 0.717) is 58.3 Å². The number of nitrogens with one attached hydrogen (secondary N) is 1. The summed E-state index contributed by atoms with van der Waals surface area (Å²) in [5.41, 5.74) is 8.30. The highest BCUT2D eigenvalue weighted by atomic mass is 19.1. The zero-order chi connectivity index (χ0) is 23.7. The van der Waals surface area contributed by atoms with Crippen LogP contribution >= 0.6 is 0 Å². The average Bonchev–Trinajstić information content (AvgIpc) is 2.85. The molecule has 0 atom stereocenters. The van der Waals surface area contributed by atoms with Gasteiger partial charge in [-0.15, -0.1) is 0 Å².